The van der Waals surface area contributed by atoms with E-state index in [1.165, 1.54) is 0 Å². The van der Waals surface area contributed by atoms with Crippen LogP contribution in [0.5, 0.6) is 0 Å². The molecular weight excluding hydrogens is 180 g/mol. The van der Waals surface area contributed by atoms with E-state index in [1.54, 1.807) is 6.92 Å². The van der Waals surface area contributed by atoms with Crippen molar-refractivity contribution in [3.63, 3.8) is 0 Å². The molecule has 0 radical (unpaired) electrons. The third kappa shape index (κ3) is 9.96. The van der Waals surface area contributed by atoms with Crippen LogP contribution in [0.2, 0.25) is 0 Å². The van der Waals surface area contributed by atoms with Gasteiger partial charge in [-0.25, -0.2) is 0 Å². The highest BCUT2D eigenvalue weighted by molar-refractivity contribution is 4.51. The van der Waals surface area contributed by atoms with Crippen LogP contribution in [-0.2, 0) is 9.47 Å². The smallest absolute Gasteiger partial charge is 0.0781 e. The molecule has 0 amide bonds. The second-order valence-electron chi connectivity index (χ2n) is 4.25. The monoisotopic (exact) mass is 204 g/mol. The Labute approximate surface area is 87.4 Å². The van der Waals surface area contributed by atoms with E-state index in [9.17, 15) is 0 Å². The molecule has 0 aliphatic heterocycles. The van der Waals surface area contributed by atoms with Gasteiger partial charge in [-0.1, -0.05) is 13.8 Å². The first kappa shape index (κ1) is 13.9. The van der Waals surface area contributed by atoms with Crippen molar-refractivity contribution in [1.29, 1.82) is 0 Å². The van der Waals surface area contributed by atoms with Gasteiger partial charge in [0.15, 0.2) is 0 Å². The maximum absolute atomic E-state index is 8.98. The van der Waals surface area contributed by atoms with E-state index in [0.29, 0.717) is 19.1 Å². The number of aliphatic hydroxyl groups is 1. The van der Waals surface area contributed by atoms with Gasteiger partial charge < -0.3 is 14.6 Å². The number of hydrogen-bond acceptors (Lipinski definition) is 3. The standard InChI is InChI=1S/C11H24O3/c1-9(2)5-6-13-8-11(4)14-7-10(3)12/h9-12H,5-8H2,1-4H3. The molecule has 0 aliphatic carbocycles. The van der Waals surface area contributed by atoms with Crippen LogP contribution in [0.15, 0.2) is 0 Å². The van der Waals surface area contributed by atoms with Crippen LogP contribution in [-0.4, -0.2) is 37.1 Å². The van der Waals surface area contributed by atoms with Crippen LogP contribution in [0.3, 0.4) is 0 Å². The van der Waals surface area contributed by atoms with E-state index in [1.807, 2.05) is 6.92 Å². The largest absolute Gasteiger partial charge is 0.391 e. The van der Waals surface area contributed by atoms with Gasteiger partial charge in [-0.15, -0.1) is 0 Å². The van der Waals surface area contributed by atoms with E-state index < -0.39 is 6.10 Å². The average Bonchev–Trinajstić information content (AvgIpc) is 2.08. The summed E-state index contributed by atoms with van der Waals surface area (Å²) >= 11 is 0. The first-order valence-corrected chi connectivity index (χ1v) is 5.39. The Balaban J connectivity index is 3.22. The van der Waals surface area contributed by atoms with Gasteiger partial charge >= 0.3 is 0 Å². The SMILES string of the molecule is CC(C)CCOCC(C)OCC(C)O. The van der Waals surface area contributed by atoms with Crippen molar-refractivity contribution in [3.05, 3.63) is 0 Å². The lowest BCUT2D eigenvalue weighted by atomic mass is 10.1. The molecule has 2 unspecified atom stereocenters. The molecule has 0 aromatic heterocycles. The highest BCUT2D eigenvalue weighted by Gasteiger charge is 2.04. The van der Waals surface area contributed by atoms with Crippen molar-refractivity contribution in [1.82, 2.24) is 0 Å². The fourth-order valence-electron chi connectivity index (χ4n) is 0.920. The van der Waals surface area contributed by atoms with E-state index in [-0.39, 0.29) is 6.10 Å². The molecule has 14 heavy (non-hydrogen) atoms. The maximum atomic E-state index is 8.98. The summed E-state index contributed by atoms with van der Waals surface area (Å²) in [5.74, 6) is 0.684. The van der Waals surface area contributed by atoms with Crippen LogP contribution in [0.4, 0.5) is 0 Å². The molecule has 0 aliphatic rings. The molecule has 0 aromatic rings. The third-order valence-corrected chi connectivity index (χ3v) is 1.81. The van der Waals surface area contributed by atoms with Crippen molar-refractivity contribution in [2.75, 3.05) is 19.8 Å². The summed E-state index contributed by atoms with van der Waals surface area (Å²) in [6, 6.07) is 0. The molecule has 0 saturated carbocycles. The van der Waals surface area contributed by atoms with Gasteiger partial charge in [0.05, 0.1) is 25.4 Å². The van der Waals surface area contributed by atoms with Crippen molar-refractivity contribution in [2.24, 2.45) is 5.92 Å². The van der Waals surface area contributed by atoms with Crippen LogP contribution in [0, 0.1) is 5.92 Å². The van der Waals surface area contributed by atoms with Crippen molar-refractivity contribution in [2.45, 2.75) is 46.3 Å². The summed E-state index contributed by atoms with van der Waals surface area (Å²) in [6.07, 6.45) is 0.758. The normalized spacial score (nSPS) is 15.9. The zero-order valence-corrected chi connectivity index (χ0v) is 9.82. The molecular formula is C11H24O3. The van der Waals surface area contributed by atoms with Gasteiger partial charge in [0.1, 0.15) is 0 Å². The Morgan fingerprint density at radius 3 is 2.21 bits per heavy atom. The molecule has 0 saturated heterocycles. The lowest BCUT2D eigenvalue weighted by Crippen LogP contribution is -2.21. The van der Waals surface area contributed by atoms with Gasteiger partial charge in [-0.05, 0) is 26.2 Å². The van der Waals surface area contributed by atoms with E-state index in [4.69, 9.17) is 14.6 Å². The average molecular weight is 204 g/mol. The fourth-order valence-corrected chi connectivity index (χ4v) is 0.920. The van der Waals surface area contributed by atoms with Gasteiger partial charge in [-0.3, -0.25) is 0 Å². The first-order valence-electron chi connectivity index (χ1n) is 5.39. The summed E-state index contributed by atoms with van der Waals surface area (Å²) in [5.41, 5.74) is 0. The molecule has 0 rings (SSSR count). The van der Waals surface area contributed by atoms with E-state index >= 15 is 0 Å². The van der Waals surface area contributed by atoms with Crippen LogP contribution in [0.1, 0.15) is 34.1 Å². The molecule has 0 fully saturated rings. The van der Waals surface area contributed by atoms with Crippen molar-refractivity contribution in [3.8, 4) is 0 Å². The minimum absolute atomic E-state index is 0.0664. The fraction of sp³-hybridized carbons (Fsp3) is 1.00. The lowest BCUT2D eigenvalue weighted by Gasteiger charge is -2.15. The maximum Gasteiger partial charge on any atom is 0.0781 e. The molecule has 3 heteroatoms. The summed E-state index contributed by atoms with van der Waals surface area (Å²) in [5, 5.41) is 8.98. The van der Waals surface area contributed by atoms with Crippen molar-refractivity contribution < 1.29 is 14.6 Å². The second kappa shape index (κ2) is 8.21. The minimum Gasteiger partial charge on any atom is -0.391 e. The molecule has 3 nitrogen and oxygen atoms in total. The number of hydrogen-bond donors (Lipinski definition) is 1. The number of ether oxygens (including phenoxy) is 2. The zero-order chi connectivity index (χ0) is 11.0. The summed E-state index contributed by atoms with van der Waals surface area (Å²) < 4.78 is 10.8. The number of rotatable bonds is 8. The van der Waals surface area contributed by atoms with Crippen molar-refractivity contribution >= 4 is 0 Å². The summed E-state index contributed by atoms with van der Waals surface area (Å²) in [6.45, 7) is 9.81. The lowest BCUT2D eigenvalue weighted by molar-refractivity contribution is -0.0376. The Kier molecular flexibility index (Phi) is 8.14. The van der Waals surface area contributed by atoms with Gasteiger partial charge in [0.2, 0.25) is 0 Å². The minimum atomic E-state index is -0.395. The highest BCUT2D eigenvalue weighted by Crippen LogP contribution is 2.00. The molecule has 2 atom stereocenters. The second-order valence-corrected chi connectivity index (χ2v) is 4.25. The van der Waals surface area contributed by atoms with Crippen LogP contribution < -0.4 is 0 Å². The van der Waals surface area contributed by atoms with Crippen LogP contribution in [0.25, 0.3) is 0 Å². The molecule has 0 bridgehead atoms. The van der Waals surface area contributed by atoms with Crippen LogP contribution >= 0.6 is 0 Å². The van der Waals surface area contributed by atoms with Gasteiger partial charge in [0.25, 0.3) is 0 Å². The Bertz CT molecular complexity index is 124. The van der Waals surface area contributed by atoms with Gasteiger partial charge in [0, 0.05) is 6.61 Å². The quantitative estimate of drug-likeness (QED) is 0.613. The Hall–Kier alpha value is -0.120. The Morgan fingerprint density at radius 1 is 1.07 bits per heavy atom. The van der Waals surface area contributed by atoms with E-state index in [0.717, 1.165) is 13.0 Å². The van der Waals surface area contributed by atoms with E-state index in [2.05, 4.69) is 13.8 Å². The predicted molar refractivity (Wildman–Crippen MR) is 57.4 cm³/mol. The predicted octanol–water partition coefficient (Wildman–Crippen LogP) is 1.83. The van der Waals surface area contributed by atoms with Gasteiger partial charge in [-0.2, -0.15) is 0 Å². The molecule has 0 spiro atoms. The molecule has 86 valence electrons. The third-order valence-electron chi connectivity index (χ3n) is 1.81. The first-order chi connectivity index (χ1) is 6.52. The summed E-state index contributed by atoms with van der Waals surface area (Å²) in [7, 11) is 0. The molecule has 0 aromatic carbocycles. The molecule has 1 N–H and O–H groups in total. The zero-order valence-electron chi connectivity index (χ0n) is 9.82. The molecule has 0 heterocycles. The Morgan fingerprint density at radius 2 is 1.71 bits per heavy atom. The summed E-state index contributed by atoms with van der Waals surface area (Å²) in [4.78, 5) is 0. The number of aliphatic hydroxyl groups excluding tert-OH is 1. The highest BCUT2D eigenvalue weighted by atomic mass is 16.5. The topological polar surface area (TPSA) is 38.7 Å².